The molecule has 0 bridgehead atoms. The predicted octanol–water partition coefficient (Wildman–Crippen LogP) is 2.39. The molecule has 0 spiro atoms. The molecule has 0 unspecified atom stereocenters. The Kier molecular flexibility index (Phi) is 1.31. The molecule has 1 aliphatic rings. The number of hydrogen-bond acceptors (Lipinski definition) is 2. The molecule has 2 aromatic rings. The molecule has 1 aliphatic heterocycles. The first-order valence-electron chi connectivity index (χ1n) is 4.37. The maximum Gasteiger partial charge on any atom is 0.0445 e. The maximum absolute atomic E-state index is 11.5. The Balaban J connectivity index is 2.57. The molecule has 0 radical (unpaired) electrons. The van der Waals surface area contributed by atoms with E-state index in [2.05, 4.69) is 4.99 Å². The van der Waals surface area contributed by atoms with Crippen LogP contribution in [0.5, 0.6) is 0 Å². The van der Waals surface area contributed by atoms with Crippen molar-refractivity contribution in [1.29, 1.82) is 0 Å². The second-order valence-electron chi connectivity index (χ2n) is 3.25. The fraction of sp³-hybridized carbons (Fsp3) is 0. The molecule has 14 heavy (non-hydrogen) atoms. The average molecular weight is 183 g/mol. The molecule has 68 valence electrons. The van der Waals surface area contributed by atoms with Crippen LogP contribution in [0.1, 0.15) is 11.1 Å². The smallest absolute Gasteiger partial charge is 0.0445 e. The topological polar surface area (TPSA) is 40.3 Å². The highest BCUT2D eigenvalue weighted by Crippen LogP contribution is 2.26. The van der Waals surface area contributed by atoms with Gasteiger partial charge in [0.05, 0.1) is 0 Å². The Morgan fingerprint density at radius 2 is 2.14 bits per heavy atom. The third-order valence-corrected chi connectivity index (χ3v) is 2.41. The van der Waals surface area contributed by atoms with Crippen molar-refractivity contribution in [1.82, 2.24) is 4.73 Å². The Bertz CT molecular complexity index is 564. The van der Waals surface area contributed by atoms with Crippen molar-refractivity contribution in [2.45, 2.75) is 0 Å². The van der Waals surface area contributed by atoms with Gasteiger partial charge < -0.3 is 9.94 Å². The lowest BCUT2D eigenvalue weighted by Gasteiger charge is -2.07. The van der Waals surface area contributed by atoms with Gasteiger partial charge in [0.2, 0.25) is 0 Å². The van der Waals surface area contributed by atoms with Crippen LogP contribution in [0.2, 0.25) is 0 Å². The highest BCUT2D eigenvalue weighted by Gasteiger charge is 2.07. The molecule has 0 aliphatic carbocycles. The van der Waals surface area contributed by atoms with Crippen LogP contribution in [0.3, 0.4) is 0 Å². The zero-order valence-corrected chi connectivity index (χ0v) is 7.34. The number of nitrogens with zero attached hydrogens (tertiary/aromatic N) is 2. The van der Waals surface area contributed by atoms with Crippen molar-refractivity contribution in [3.8, 4) is 0 Å². The van der Waals surface area contributed by atoms with Crippen molar-refractivity contribution < 1.29 is 0 Å². The fourth-order valence-electron chi connectivity index (χ4n) is 1.80. The van der Waals surface area contributed by atoms with Crippen LogP contribution < -0.4 is 0 Å². The first-order valence-corrected chi connectivity index (χ1v) is 4.37. The lowest BCUT2D eigenvalue weighted by atomic mass is 10.1. The van der Waals surface area contributed by atoms with E-state index in [4.69, 9.17) is 0 Å². The van der Waals surface area contributed by atoms with E-state index >= 15 is 0 Å². The van der Waals surface area contributed by atoms with Gasteiger partial charge >= 0.3 is 0 Å². The van der Waals surface area contributed by atoms with E-state index in [1.807, 2.05) is 24.3 Å². The van der Waals surface area contributed by atoms with Crippen LogP contribution in [0.4, 0.5) is 0 Å². The van der Waals surface area contributed by atoms with Crippen LogP contribution in [-0.2, 0) is 0 Å². The third kappa shape index (κ3) is 0.836. The highest BCUT2D eigenvalue weighted by molar-refractivity contribution is 6.04. The van der Waals surface area contributed by atoms with E-state index in [0.717, 1.165) is 21.2 Å². The van der Waals surface area contributed by atoms with Gasteiger partial charge in [-0.3, -0.25) is 4.99 Å². The Morgan fingerprint density at radius 1 is 1.21 bits per heavy atom. The van der Waals surface area contributed by atoms with Crippen LogP contribution in [0.15, 0.2) is 35.6 Å². The van der Waals surface area contributed by atoms with Crippen molar-refractivity contribution in [2.75, 3.05) is 0 Å². The summed E-state index contributed by atoms with van der Waals surface area (Å²) in [5.41, 5.74) is 2.63. The van der Waals surface area contributed by atoms with Gasteiger partial charge in [0.25, 0.3) is 0 Å². The van der Waals surface area contributed by atoms with Gasteiger partial charge in [-0.1, -0.05) is 12.1 Å². The molecule has 0 saturated carbocycles. The molecule has 2 heterocycles. The fourth-order valence-corrected chi connectivity index (χ4v) is 1.80. The summed E-state index contributed by atoms with van der Waals surface area (Å²) in [4.78, 5) is 4.10. The van der Waals surface area contributed by atoms with Crippen molar-refractivity contribution in [2.24, 2.45) is 4.99 Å². The zero-order valence-electron chi connectivity index (χ0n) is 7.34. The van der Waals surface area contributed by atoms with E-state index in [9.17, 15) is 5.21 Å². The van der Waals surface area contributed by atoms with E-state index in [1.165, 1.54) is 0 Å². The number of hydrogen-bond donors (Lipinski definition) is 0. The summed E-state index contributed by atoms with van der Waals surface area (Å²) in [6, 6.07) is 5.65. The monoisotopic (exact) mass is 183 g/mol. The first-order chi connectivity index (χ1) is 6.86. The molecule has 3 nitrogen and oxygen atoms in total. The van der Waals surface area contributed by atoms with Gasteiger partial charge in [-0.2, -0.15) is 0 Å². The number of rotatable bonds is 0. The Morgan fingerprint density at radius 3 is 3.07 bits per heavy atom. The highest BCUT2D eigenvalue weighted by atomic mass is 16.5. The Hall–Kier alpha value is -2.03. The minimum atomic E-state index is 0.704. The SMILES string of the molecule is [O-]n1cc2c3c(cccc31)C=NC=C2. The molecule has 1 aromatic carbocycles. The molecular weight excluding hydrogens is 176 g/mol. The van der Waals surface area contributed by atoms with Crippen LogP contribution >= 0.6 is 0 Å². The Labute approximate surface area is 80.6 Å². The molecule has 0 saturated heterocycles. The first kappa shape index (κ1) is 7.38. The zero-order chi connectivity index (χ0) is 9.54. The van der Waals surface area contributed by atoms with Crippen molar-refractivity contribution in [3.05, 3.63) is 46.9 Å². The van der Waals surface area contributed by atoms with E-state index in [1.54, 1.807) is 18.6 Å². The molecule has 1 aromatic heterocycles. The van der Waals surface area contributed by atoms with Gasteiger partial charge in [-0.25, -0.2) is 0 Å². The van der Waals surface area contributed by atoms with Gasteiger partial charge in [0, 0.05) is 40.6 Å². The number of aliphatic imine (C=N–C) groups is 1. The van der Waals surface area contributed by atoms with E-state index < -0.39 is 0 Å². The standard InChI is InChI=1S/C11H7N2O/c14-13-7-9-4-5-12-6-8-2-1-3-10(13)11(8)9/h1-7H/q-1. The number of benzene rings is 1. The van der Waals surface area contributed by atoms with Crippen molar-refractivity contribution in [3.63, 3.8) is 0 Å². The largest absolute Gasteiger partial charge is 0.806 e. The van der Waals surface area contributed by atoms with Crippen LogP contribution in [0, 0.1) is 5.21 Å². The quantitative estimate of drug-likeness (QED) is 0.618. The summed E-state index contributed by atoms with van der Waals surface area (Å²) in [6.45, 7) is 0. The van der Waals surface area contributed by atoms with Gasteiger partial charge in [-0.05, 0) is 12.1 Å². The molecule has 0 atom stereocenters. The molecular formula is C11H7N2O-. The summed E-state index contributed by atoms with van der Waals surface area (Å²) in [6.07, 6.45) is 6.91. The molecule has 3 heteroatoms. The summed E-state index contributed by atoms with van der Waals surface area (Å²) in [7, 11) is 0. The average Bonchev–Trinajstić information content (AvgIpc) is 2.41. The minimum absolute atomic E-state index is 0.704. The maximum atomic E-state index is 11.5. The summed E-state index contributed by atoms with van der Waals surface area (Å²) in [5, 5.41) is 12.5. The number of aromatic nitrogens is 1. The second-order valence-corrected chi connectivity index (χ2v) is 3.25. The minimum Gasteiger partial charge on any atom is -0.806 e. The van der Waals surface area contributed by atoms with E-state index in [-0.39, 0.29) is 0 Å². The van der Waals surface area contributed by atoms with Gasteiger partial charge in [0.15, 0.2) is 0 Å². The van der Waals surface area contributed by atoms with Gasteiger partial charge in [0.1, 0.15) is 0 Å². The molecule has 0 fully saturated rings. The lowest BCUT2D eigenvalue weighted by Crippen LogP contribution is -1.84. The van der Waals surface area contributed by atoms with Crippen LogP contribution in [-0.4, -0.2) is 10.9 Å². The molecule has 0 N–H and O–H groups in total. The third-order valence-electron chi connectivity index (χ3n) is 2.41. The molecule has 0 amide bonds. The van der Waals surface area contributed by atoms with Crippen molar-refractivity contribution >= 4 is 23.2 Å². The lowest BCUT2D eigenvalue weighted by molar-refractivity contribution is 1.15. The normalized spacial score (nSPS) is 13.4. The van der Waals surface area contributed by atoms with E-state index in [0.29, 0.717) is 5.52 Å². The second kappa shape index (κ2) is 2.48. The summed E-state index contributed by atoms with van der Waals surface area (Å²) in [5.74, 6) is 0. The van der Waals surface area contributed by atoms with Crippen LogP contribution in [0.25, 0.3) is 17.0 Å². The summed E-state index contributed by atoms with van der Waals surface area (Å²) >= 11 is 0. The predicted molar refractivity (Wildman–Crippen MR) is 57.3 cm³/mol. The summed E-state index contributed by atoms with van der Waals surface area (Å²) < 4.78 is 0.900. The van der Waals surface area contributed by atoms with Gasteiger partial charge in [-0.15, -0.1) is 0 Å². The molecule has 3 rings (SSSR count).